The number of hydrogen-bond donors (Lipinski definition) is 0. The molecule has 0 atom stereocenters. The number of hydrogen-bond acceptors (Lipinski definition) is 3. The first kappa shape index (κ1) is 29.3. The minimum Gasteiger partial charge on any atom is -0.455 e. The quantitative estimate of drug-likeness (QED) is 0.167. The van der Waals surface area contributed by atoms with Crippen LogP contribution in [0.4, 0.5) is 0 Å². The third-order valence-electron chi connectivity index (χ3n) is 11.1. The molecule has 0 N–H and O–H groups in total. The Hall–Kier alpha value is -6.26. The highest BCUT2D eigenvalue weighted by molar-refractivity contribution is 7.27. The lowest BCUT2D eigenvalue weighted by Gasteiger charge is -2.18. The van der Waals surface area contributed by atoms with Crippen LogP contribution in [-0.4, -0.2) is 0 Å². The lowest BCUT2D eigenvalue weighted by atomic mass is 9.85. The molecule has 1 nitrogen and oxygen atoms in total. The van der Waals surface area contributed by atoms with Crippen molar-refractivity contribution in [3.8, 4) is 32.7 Å². The van der Waals surface area contributed by atoms with Crippen LogP contribution in [0.25, 0.3) is 117 Å². The van der Waals surface area contributed by atoms with E-state index in [2.05, 4.69) is 164 Å². The van der Waals surface area contributed by atoms with Gasteiger partial charge in [0.05, 0.1) is 0 Å². The fourth-order valence-corrected chi connectivity index (χ4v) is 11.2. The zero-order valence-electron chi connectivity index (χ0n) is 28.4. The number of thiophene rings is 2. The summed E-state index contributed by atoms with van der Waals surface area (Å²) < 4.78 is 10.5. The highest BCUT2D eigenvalue weighted by Crippen LogP contribution is 2.54. The third-order valence-corrected chi connectivity index (χ3v) is 13.4. The number of benzene rings is 9. The summed E-state index contributed by atoms with van der Waals surface area (Å²) in [7, 11) is 0. The van der Waals surface area contributed by atoms with E-state index in [1.54, 1.807) is 0 Å². The Morgan fingerprint density at radius 3 is 1.70 bits per heavy atom. The molecule has 3 heteroatoms. The van der Waals surface area contributed by atoms with Gasteiger partial charge >= 0.3 is 0 Å². The average Bonchev–Trinajstić information content (AvgIpc) is 3.91. The molecule has 12 rings (SSSR count). The molecule has 3 aromatic heterocycles. The van der Waals surface area contributed by atoms with Gasteiger partial charge in [0.2, 0.25) is 0 Å². The Bertz CT molecular complexity index is 3390. The molecule has 0 saturated heterocycles. The molecule has 0 unspecified atom stereocenters. The maximum atomic E-state index is 6.55. The highest BCUT2D eigenvalue weighted by Gasteiger charge is 2.25. The van der Waals surface area contributed by atoms with E-state index >= 15 is 0 Å². The summed E-state index contributed by atoms with van der Waals surface area (Å²) in [5.41, 5.74) is 8.18. The fraction of sp³-hybridized carbons (Fsp3) is 0. The lowest BCUT2D eigenvalue weighted by Crippen LogP contribution is -1.91. The molecule has 0 fully saturated rings. The van der Waals surface area contributed by atoms with Gasteiger partial charge in [-0.15, -0.1) is 22.7 Å². The second-order valence-corrected chi connectivity index (χ2v) is 16.0. The lowest BCUT2D eigenvalue weighted by molar-refractivity contribution is 0.672. The van der Waals surface area contributed by atoms with Crippen LogP contribution in [-0.2, 0) is 0 Å². The number of rotatable bonds is 3. The zero-order chi connectivity index (χ0) is 34.6. The van der Waals surface area contributed by atoms with Crippen LogP contribution < -0.4 is 0 Å². The minimum absolute atomic E-state index is 0.922. The van der Waals surface area contributed by atoms with Gasteiger partial charge in [0, 0.05) is 62.4 Å². The zero-order valence-corrected chi connectivity index (χ0v) is 30.0. The van der Waals surface area contributed by atoms with Crippen LogP contribution in [0.5, 0.6) is 0 Å². The van der Waals surface area contributed by atoms with Crippen LogP contribution in [0.2, 0.25) is 0 Å². The molecule has 246 valence electrons. The summed E-state index contributed by atoms with van der Waals surface area (Å²) in [6.07, 6.45) is 0. The summed E-state index contributed by atoms with van der Waals surface area (Å²) in [6, 6.07) is 62.3. The number of para-hydroxylation sites is 1. The smallest absolute Gasteiger partial charge is 0.143 e. The molecule has 9 aromatic carbocycles. The molecule has 0 amide bonds. The first-order valence-electron chi connectivity index (χ1n) is 18.0. The van der Waals surface area contributed by atoms with Crippen molar-refractivity contribution in [2.75, 3.05) is 0 Å². The predicted octanol–water partition coefficient (Wildman–Crippen LogP) is 15.6. The van der Waals surface area contributed by atoms with Crippen molar-refractivity contribution in [1.82, 2.24) is 0 Å². The van der Waals surface area contributed by atoms with Gasteiger partial charge in [-0.3, -0.25) is 0 Å². The van der Waals surface area contributed by atoms with Crippen molar-refractivity contribution in [3.05, 3.63) is 170 Å². The fourth-order valence-electron chi connectivity index (χ4n) is 8.80. The molecule has 53 heavy (non-hydrogen) atoms. The maximum absolute atomic E-state index is 6.55. The molecule has 0 aliphatic carbocycles. The monoisotopic (exact) mass is 708 g/mol. The van der Waals surface area contributed by atoms with E-state index in [4.69, 9.17) is 4.42 Å². The van der Waals surface area contributed by atoms with E-state index in [-0.39, 0.29) is 0 Å². The summed E-state index contributed by atoms with van der Waals surface area (Å²) in [6.45, 7) is 0. The van der Waals surface area contributed by atoms with Crippen LogP contribution in [0, 0.1) is 0 Å². The van der Waals surface area contributed by atoms with Gasteiger partial charge in [-0.1, -0.05) is 133 Å². The summed E-state index contributed by atoms with van der Waals surface area (Å²) in [4.78, 5) is 1.32. The van der Waals surface area contributed by atoms with Crippen LogP contribution in [0.3, 0.4) is 0 Å². The van der Waals surface area contributed by atoms with Crippen molar-refractivity contribution in [2.24, 2.45) is 0 Å². The summed E-state index contributed by atoms with van der Waals surface area (Å²) in [5.74, 6) is 0. The predicted molar refractivity (Wildman–Crippen MR) is 231 cm³/mol. The normalized spacial score (nSPS) is 12.2. The highest BCUT2D eigenvalue weighted by atomic mass is 32.1. The van der Waals surface area contributed by atoms with Crippen molar-refractivity contribution in [2.45, 2.75) is 0 Å². The maximum Gasteiger partial charge on any atom is 0.143 e. The molecule has 0 radical (unpaired) electrons. The SMILES string of the molecule is c1ccc(-c2c(-c3c4ccccc4c(-c4ccc5ccc6c7ccccc7oc6c5c4)c4ccccc34)sc3ccc4sc5ccccc5c4c23)cc1. The van der Waals surface area contributed by atoms with Crippen molar-refractivity contribution in [1.29, 1.82) is 0 Å². The molecule has 12 aromatic rings. The van der Waals surface area contributed by atoms with Crippen LogP contribution in [0.15, 0.2) is 174 Å². The third kappa shape index (κ3) is 4.18. The average molecular weight is 709 g/mol. The Balaban J connectivity index is 1.21. The van der Waals surface area contributed by atoms with Crippen molar-refractivity contribution in [3.63, 3.8) is 0 Å². The van der Waals surface area contributed by atoms with E-state index in [1.807, 2.05) is 28.7 Å². The van der Waals surface area contributed by atoms with E-state index in [0.717, 1.165) is 27.3 Å². The van der Waals surface area contributed by atoms with Gasteiger partial charge in [0.1, 0.15) is 11.2 Å². The van der Waals surface area contributed by atoms with Gasteiger partial charge in [-0.2, -0.15) is 0 Å². The molecule has 0 aliphatic rings. The Morgan fingerprint density at radius 2 is 0.943 bits per heavy atom. The number of furan rings is 1. The van der Waals surface area contributed by atoms with Gasteiger partial charge in [-0.25, -0.2) is 0 Å². The molecular weight excluding hydrogens is 681 g/mol. The summed E-state index contributed by atoms with van der Waals surface area (Å²) >= 11 is 3.82. The van der Waals surface area contributed by atoms with Crippen molar-refractivity contribution >= 4 is 107 Å². The molecule has 0 spiro atoms. The van der Waals surface area contributed by atoms with E-state index in [1.165, 1.54) is 89.9 Å². The molecule has 0 bridgehead atoms. The van der Waals surface area contributed by atoms with E-state index < -0.39 is 0 Å². The van der Waals surface area contributed by atoms with Crippen molar-refractivity contribution < 1.29 is 4.42 Å². The second kappa shape index (κ2) is 11.1. The minimum atomic E-state index is 0.922. The van der Waals surface area contributed by atoms with Crippen LogP contribution in [0.1, 0.15) is 0 Å². The largest absolute Gasteiger partial charge is 0.455 e. The number of fused-ring (bicyclic) bond motifs is 12. The topological polar surface area (TPSA) is 13.1 Å². The Morgan fingerprint density at radius 1 is 0.340 bits per heavy atom. The first-order chi connectivity index (χ1) is 26.3. The first-order valence-corrected chi connectivity index (χ1v) is 19.6. The Kier molecular flexibility index (Phi) is 6.15. The molecule has 3 heterocycles. The molecular formula is C50H28OS2. The standard InChI is InChI=1S/C50H28OS2/c1-2-12-30(13-3-1)45-48-43(27-26-42-47(48)38-19-9-11-21-41(38)52-42)53-50(45)46-35-17-6-4-15-33(35)44(34-16-5-7-18-36(34)46)31-23-22-29-24-25-37-32-14-8-10-20-40(32)51-49(37)39(29)28-31/h1-28H. The van der Waals surface area contributed by atoms with Gasteiger partial charge in [0.25, 0.3) is 0 Å². The van der Waals surface area contributed by atoms with E-state index in [0.29, 0.717) is 0 Å². The van der Waals surface area contributed by atoms with Gasteiger partial charge in [-0.05, 0) is 80.0 Å². The van der Waals surface area contributed by atoms with E-state index in [9.17, 15) is 0 Å². The Labute approximate surface area is 312 Å². The van der Waals surface area contributed by atoms with Crippen LogP contribution >= 0.6 is 22.7 Å². The van der Waals surface area contributed by atoms with Gasteiger partial charge in [0.15, 0.2) is 0 Å². The second-order valence-electron chi connectivity index (χ2n) is 13.9. The van der Waals surface area contributed by atoms with Gasteiger partial charge < -0.3 is 4.42 Å². The molecule has 0 saturated carbocycles. The molecule has 0 aliphatic heterocycles. The summed E-state index contributed by atoms with van der Waals surface area (Å²) in [5, 5.41) is 13.7.